The van der Waals surface area contributed by atoms with Gasteiger partial charge in [0, 0.05) is 18.0 Å². The highest BCUT2D eigenvalue weighted by atomic mass is 32.1. The summed E-state index contributed by atoms with van der Waals surface area (Å²) in [6, 6.07) is 13.7. The van der Waals surface area contributed by atoms with Crippen molar-refractivity contribution in [2.45, 2.75) is 6.42 Å². The normalized spacial score (nSPS) is 18.2. The maximum Gasteiger partial charge on any atom is 0.255 e. The lowest BCUT2D eigenvalue weighted by molar-refractivity contribution is -0.124. The summed E-state index contributed by atoms with van der Waals surface area (Å²) < 4.78 is 0. The molecule has 2 heterocycles. The third kappa shape index (κ3) is 3.51. The standard InChI is InChI=1S/C18H18N2O2S/c19-17(21)14-8-9-20(12-14)18(22)15(16-7-4-10-23-16)11-13-5-2-1-3-6-13/h1-7,10-11,14H,8-9,12H2,(H2,19,21)/b15-11+. The van der Waals surface area contributed by atoms with Gasteiger partial charge in [0.05, 0.1) is 11.5 Å². The molecule has 0 radical (unpaired) electrons. The van der Waals surface area contributed by atoms with Crippen molar-refractivity contribution in [3.8, 4) is 0 Å². The number of nitrogens with zero attached hydrogens (tertiary/aromatic N) is 1. The SMILES string of the molecule is NC(=O)C1CCN(C(=O)/C(=C/c2ccccc2)c2cccs2)C1. The predicted octanol–water partition coefficient (Wildman–Crippen LogP) is 2.62. The van der Waals surface area contributed by atoms with Gasteiger partial charge in [-0.2, -0.15) is 0 Å². The molecule has 1 atom stereocenters. The first-order valence-electron chi connectivity index (χ1n) is 7.54. The molecule has 4 nitrogen and oxygen atoms in total. The van der Waals surface area contributed by atoms with Crippen LogP contribution < -0.4 is 5.73 Å². The molecule has 2 aromatic rings. The summed E-state index contributed by atoms with van der Waals surface area (Å²) in [4.78, 5) is 26.9. The minimum absolute atomic E-state index is 0.0416. The van der Waals surface area contributed by atoms with Gasteiger partial charge in [-0.15, -0.1) is 11.3 Å². The molecule has 0 aliphatic carbocycles. The van der Waals surface area contributed by atoms with E-state index in [1.165, 1.54) is 11.3 Å². The van der Waals surface area contributed by atoms with Crippen LogP contribution in [0.25, 0.3) is 11.6 Å². The van der Waals surface area contributed by atoms with E-state index in [1.807, 2.05) is 53.9 Å². The molecule has 1 aliphatic heterocycles. The zero-order valence-corrected chi connectivity index (χ0v) is 13.5. The summed E-state index contributed by atoms with van der Waals surface area (Å²) >= 11 is 1.54. The lowest BCUT2D eigenvalue weighted by Crippen LogP contribution is -2.32. The van der Waals surface area contributed by atoms with Gasteiger partial charge in [0.2, 0.25) is 5.91 Å². The summed E-state index contributed by atoms with van der Waals surface area (Å²) in [6.07, 6.45) is 2.55. The van der Waals surface area contributed by atoms with Gasteiger partial charge in [0.15, 0.2) is 0 Å². The van der Waals surface area contributed by atoms with E-state index in [0.29, 0.717) is 25.1 Å². The van der Waals surface area contributed by atoms with Gasteiger partial charge in [0.1, 0.15) is 0 Å². The van der Waals surface area contributed by atoms with E-state index < -0.39 is 0 Å². The Labute approximate surface area is 139 Å². The molecule has 2 N–H and O–H groups in total. The summed E-state index contributed by atoms with van der Waals surface area (Å²) in [5.74, 6) is -0.606. The van der Waals surface area contributed by atoms with Crippen molar-refractivity contribution in [3.63, 3.8) is 0 Å². The monoisotopic (exact) mass is 326 g/mol. The van der Waals surface area contributed by atoms with Crippen LogP contribution in [0.3, 0.4) is 0 Å². The van der Waals surface area contributed by atoms with Crippen LogP contribution in [-0.4, -0.2) is 29.8 Å². The fraction of sp³-hybridized carbons (Fsp3) is 0.222. The molecule has 1 saturated heterocycles. The number of amides is 2. The van der Waals surface area contributed by atoms with Crippen molar-refractivity contribution < 1.29 is 9.59 Å². The third-order valence-corrected chi connectivity index (χ3v) is 4.91. The average Bonchev–Trinajstić information content (AvgIpc) is 3.24. The van der Waals surface area contributed by atoms with E-state index >= 15 is 0 Å². The van der Waals surface area contributed by atoms with E-state index in [2.05, 4.69) is 0 Å². The number of rotatable bonds is 4. The smallest absolute Gasteiger partial charge is 0.255 e. The maximum atomic E-state index is 12.9. The van der Waals surface area contributed by atoms with E-state index in [0.717, 1.165) is 10.4 Å². The van der Waals surface area contributed by atoms with Crippen LogP contribution in [0.5, 0.6) is 0 Å². The topological polar surface area (TPSA) is 63.4 Å². The Bertz CT molecular complexity index is 723. The minimum Gasteiger partial charge on any atom is -0.369 e. The van der Waals surface area contributed by atoms with Crippen molar-refractivity contribution >= 4 is 34.8 Å². The fourth-order valence-electron chi connectivity index (χ4n) is 2.73. The zero-order chi connectivity index (χ0) is 16.2. The van der Waals surface area contributed by atoms with Crippen molar-refractivity contribution in [2.24, 2.45) is 11.7 Å². The highest BCUT2D eigenvalue weighted by molar-refractivity contribution is 7.11. The number of primary amides is 1. The molecule has 3 rings (SSSR count). The van der Waals surface area contributed by atoms with Crippen LogP contribution in [0.15, 0.2) is 47.8 Å². The lowest BCUT2D eigenvalue weighted by atomic mass is 10.1. The van der Waals surface area contributed by atoms with Crippen LogP contribution >= 0.6 is 11.3 Å². The third-order valence-electron chi connectivity index (χ3n) is 4.01. The molecular formula is C18H18N2O2S. The number of benzene rings is 1. The number of hydrogen-bond acceptors (Lipinski definition) is 3. The quantitative estimate of drug-likeness (QED) is 0.878. The molecule has 2 amide bonds. The number of carbonyl (C=O) groups is 2. The largest absolute Gasteiger partial charge is 0.369 e. The summed E-state index contributed by atoms with van der Waals surface area (Å²) in [5, 5.41) is 1.96. The molecule has 5 heteroatoms. The van der Waals surface area contributed by atoms with Crippen molar-refractivity contribution in [1.82, 2.24) is 4.90 Å². The first-order chi connectivity index (χ1) is 11.1. The Hall–Kier alpha value is -2.40. The van der Waals surface area contributed by atoms with Gasteiger partial charge < -0.3 is 10.6 Å². The molecule has 0 spiro atoms. The van der Waals surface area contributed by atoms with Crippen LogP contribution in [-0.2, 0) is 9.59 Å². The van der Waals surface area contributed by atoms with Gasteiger partial charge in [0.25, 0.3) is 5.91 Å². The zero-order valence-electron chi connectivity index (χ0n) is 12.6. The van der Waals surface area contributed by atoms with Gasteiger partial charge in [-0.25, -0.2) is 0 Å². The van der Waals surface area contributed by atoms with Crippen molar-refractivity contribution in [1.29, 1.82) is 0 Å². The summed E-state index contributed by atoms with van der Waals surface area (Å²) in [7, 11) is 0. The second kappa shape index (κ2) is 6.79. The van der Waals surface area contributed by atoms with Crippen LogP contribution in [0.4, 0.5) is 0 Å². The second-order valence-corrected chi connectivity index (χ2v) is 6.53. The molecule has 1 aromatic carbocycles. The van der Waals surface area contributed by atoms with E-state index in [4.69, 9.17) is 5.73 Å². The number of likely N-dealkylation sites (tertiary alicyclic amines) is 1. The predicted molar refractivity (Wildman–Crippen MR) is 92.5 cm³/mol. The van der Waals surface area contributed by atoms with Crippen LogP contribution in [0.1, 0.15) is 16.9 Å². The Balaban J connectivity index is 1.89. The van der Waals surface area contributed by atoms with Gasteiger partial charge in [-0.05, 0) is 29.5 Å². The molecule has 1 fully saturated rings. The molecule has 1 aromatic heterocycles. The van der Waals surface area contributed by atoms with Gasteiger partial charge in [-0.1, -0.05) is 36.4 Å². The van der Waals surface area contributed by atoms with Crippen LogP contribution in [0.2, 0.25) is 0 Å². The van der Waals surface area contributed by atoms with E-state index in [-0.39, 0.29) is 17.7 Å². The summed E-state index contributed by atoms with van der Waals surface area (Å²) in [6.45, 7) is 0.982. The van der Waals surface area contributed by atoms with Crippen LogP contribution in [0, 0.1) is 5.92 Å². The van der Waals surface area contributed by atoms with E-state index in [1.54, 1.807) is 4.90 Å². The molecule has 1 unspecified atom stereocenters. The fourth-order valence-corrected chi connectivity index (χ4v) is 3.47. The van der Waals surface area contributed by atoms with Gasteiger partial charge >= 0.3 is 0 Å². The molecule has 118 valence electrons. The molecule has 0 saturated carbocycles. The average molecular weight is 326 g/mol. The van der Waals surface area contributed by atoms with E-state index in [9.17, 15) is 9.59 Å². The minimum atomic E-state index is -0.329. The molecule has 0 bridgehead atoms. The highest BCUT2D eigenvalue weighted by Gasteiger charge is 2.31. The molecule has 1 aliphatic rings. The van der Waals surface area contributed by atoms with Gasteiger partial charge in [-0.3, -0.25) is 9.59 Å². The second-order valence-electron chi connectivity index (χ2n) is 5.59. The van der Waals surface area contributed by atoms with Crippen molar-refractivity contribution in [3.05, 3.63) is 58.3 Å². The lowest BCUT2D eigenvalue weighted by Gasteiger charge is -2.17. The Morgan fingerprint density at radius 2 is 1.96 bits per heavy atom. The Kier molecular flexibility index (Phi) is 4.57. The first kappa shape index (κ1) is 15.5. The Morgan fingerprint density at radius 3 is 2.57 bits per heavy atom. The molecule has 23 heavy (non-hydrogen) atoms. The molecular weight excluding hydrogens is 308 g/mol. The number of carbonyl (C=O) groups excluding carboxylic acids is 2. The highest BCUT2D eigenvalue weighted by Crippen LogP contribution is 2.27. The maximum absolute atomic E-state index is 12.9. The number of hydrogen-bond donors (Lipinski definition) is 1. The first-order valence-corrected chi connectivity index (χ1v) is 8.42. The Morgan fingerprint density at radius 1 is 1.17 bits per heavy atom. The van der Waals surface area contributed by atoms with Crippen molar-refractivity contribution in [2.75, 3.05) is 13.1 Å². The number of nitrogens with two attached hydrogens (primary N) is 1. The number of thiophene rings is 1. The summed E-state index contributed by atoms with van der Waals surface area (Å²) in [5.41, 5.74) is 7.01.